The third kappa shape index (κ3) is 2.87. The molecule has 0 N–H and O–H groups in total. The first-order valence-corrected chi connectivity index (χ1v) is 6.67. The van der Waals surface area contributed by atoms with Gasteiger partial charge in [-0.15, -0.1) is 0 Å². The van der Waals surface area contributed by atoms with E-state index >= 15 is 0 Å². The summed E-state index contributed by atoms with van der Waals surface area (Å²) >= 11 is 0. The number of hydrogen-bond acceptors (Lipinski definition) is 3. The summed E-state index contributed by atoms with van der Waals surface area (Å²) in [5, 5.41) is 1.84. The summed E-state index contributed by atoms with van der Waals surface area (Å²) in [7, 11) is 0. The summed E-state index contributed by atoms with van der Waals surface area (Å²) in [5.41, 5.74) is 0. The lowest BCUT2D eigenvalue weighted by atomic mass is 10.1. The van der Waals surface area contributed by atoms with E-state index in [9.17, 15) is 4.79 Å². The van der Waals surface area contributed by atoms with Gasteiger partial charge in [0.15, 0.2) is 11.5 Å². The van der Waals surface area contributed by atoms with Gasteiger partial charge >= 0.3 is 5.97 Å². The molecule has 3 heteroatoms. The summed E-state index contributed by atoms with van der Waals surface area (Å²) in [6, 6.07) is 20.9. The number of fused-ring (bicyclic) bond motifs is 1. The second-order valence-corrected chi connectivity index (χ2v) is 4.62. The van der Waals surface area contributed by atoms with E-state index in [1.165, 1.54) is 6.92 Å². The zero-order valence-electron chi connectivity index (χ0n) is 11.6. The molecule has 3 nitrogen and oxygen atoms in total. The van der Waals surface area contributed by atoms with Gasteiger partial charge in [-0.3, -0.25) is 4.79 Å². The van der Waals surface area contributed by atoms with E-state index < -0.39 is 0 Å². The van der Waals surface area contributed by atoms with Crippen LogP contribution in [-0.2, 0) is 4.79 Å². The minimum absolute atomic E-state index is 0.371. The molecule has 0 aromatic heterocycles. The fraction of sp³-hybridized carbons (Fsp3) is 0.0556. The quantitative estimate of drug-likeness (QED) is 0.520. The van der Waals surface area contributed by atoms with Crippen LogP contribution in [0.15, 0.2) is 66.7 Å². The Bertz CT molecular complexity index is 779. The van der Waals surface area contributed by atoms with Crippen LogP contribution in [0.1, 0.15) is 6.92 Å². The first kappa shape index (κ1) is 13.2. The van der Waals surface area contributed by atoms with Crippen LogP contribution in [0.3, 0.4) is 0 Å². The van der Waals surface area contributed by atoms with Gasteiger partial charge in [0.2, 0.25) is 0 Å². The third-order valence-corrected chi connectivity index (χ3v) is 3.06. The van der Waals surface area contributed by atoms with Crippen molar-refractivity contribution in [3.8, 4) is 17.2 Å². The zero-order chi connectivity index (χ0) is 14.7. The SMILES string of the molecule is CC(=O)Oc1c(Oc2ccccc2)ccc2ccccc12. The minimum atomic E-state index is -0.371. The van der Waals surface area contributed by atoms with Crippen molar-refractivity contribution in [2.75, 3.05) is 0 Å². The average Bonchev–Trinajstić information content (AvgIpc) is 2.50. The van der Waals surface area contributed by atoms with Crippen LogP contribution in [0.5, 0.6) is 17.2 Å². The lowest BCUT2D eigenvalue weighted by Crippen LogP contribution is -2.03. The predicted octanol–water partition coefficient (Wildman–Crippen LogP) is 4.56. The Morgan fingerprint density at radius 2 is 1.57 bits per heavy atom. The fourth-order valence-corrected chi connectivity index (χ4v) is 2.17. The average molecular weight is 278 g/mol. The Morgan fingerprint density at radius 3 is 2.33 bits per heavy atom. The van der Waals surface area contributed by atoms with Gasteiger partial charge < -0.3 is 9.47 Å². The molecule has 3 aromatic rings. The number of ether oxygens (including phenoxy) is 2. The molecule has 0 saturated heterocycles. The maximum atomic E-state index is 11.4. The molecule has 0 unspecified atom stereocenters. The molecule has 104 valence electrons. The molecule has 0 amide bonds. The van der Waals surface area contributed by atoms with Gasteiger partial charge in [-0.1, -0.05) is 48.5 Å². The molecular formula is C18H14O3. The third-order valence-electron chi connectivity index (χ3n) is 3.06. The largest absolute Gasteiger partial charge is 0.453 e. The Balaban J connectivity index is 2.10. The Labute approximate surface area is 122 Å². The van der Waals surface area contributed by atoms with Gasteiger partial charge in [0, 0.05) is 12.3 Å². The lowest BCUT2D eigenvalue weighted by molar-refractivity contribution is -0.131. The second-order valence-electron chi connectivity index (χ2n) is 4.62. The number of para-hydroxylation sites is 1. The summed E-state index contributed by atoms with van der Waals surface area (Å²) in [6.45, 7) is 1.38. The number of rotatable bonds is 3. The Hall–Kier alpha value is -2.81. The molecule has 0 saturated carbocycles. The molecule has 0 aliphatic rings. The second kappa shape index (κ2) is 5.67. The molecule has 0 aliphatic carbocycles. The van der Waals surface area contributed by atoms with Crippen LogP contribution >= 0.6 is 0 Å². The van der Waals surface area contributed by atoms with Crippen LogP contribution < -0.4 is 9.47 Å². The highest BCUT2D eigenvalue weighted by molar-refractivity contribution is 5.92. The van der Waals surface area contributed by atoms with Crippen molar-refractivity contribution in [1.29, 1.82) is 0 Å². The van der Waals surface area contributed by atoms with Crippen molar-refractivity contribution in [1.82, 2.24) is 0 Å². The van der Waals surface area contributed by atoms with E-state index in [0.29, 0.717) is 17.2 Å². The van der Waals surface area contributed by atoms with E-state index in [4.69, 9.17) is 9.47 Å². The fourth-order valence-electron chi connectivity index (χ4n) is 2.17. The smallest absolute Gasteiger partial charge is 0.308 e. The molecule has 0 radical (unpaired) electrons. The van der Waals surface area contributed by atoms with Crippen molar-refractivity contribution in [2.24, 2.45) is 0 Å². The first-order chi connectivity index (χ1) is 10.2. The van der Waals surface area contributed by atoms with Gasteiger partial charge in [0.25, 0.3) is 0 Å². The number of esters is 1. The van der Waals surface area contributed by atoms with Crippen molar-refractivity contribution >= 4 is 16.7 Å². The van der Waals surface area contributed by atoms with Crippen molar-refractivity contribution in [3.63, 3.8) is 0 Å². The summed E-state index contributed by atoms with van der Waals surface area (Å²) in [6.07, 6.45) is 0. The number of hydrogen-bond donors (Lipinski definition) is 0. The lowest BCUT2D eigenvalue weighted by Gasteiger charge is -2.13. The molecule has 3 rings (SSSR count). The van der Waals surface area contributed by atoms with E-state index in [1.807, 2.05) is 66.7 Å². The van der Waals surface area contributed by atoms with Crippen LogP contribution in [0.2, 0.25) is 0 Å². The van der Waals surface area contributed by atoms with Crippen molar-refractivity contribution in [2.45, 2.75) is 6.92 Å². The highest BCUT2D eigenvalue weighted by atomic mass is 16.6. The molecule has 21 heavy (non-hydrogen) atoms. The first-order valence-electron chi connectivity index (χ1n) is 6.67. The van der Waals surface area contributed by atoms with Gasteiger partial charge in [-0.2, -0.15) is 0 Å². The predicted molar refractivity (Wildman–Crippen MR) is 81.8 cm³/mol. The normalized spacial score (nSPS) is 10.3. The van der Waals surface area contributed by atoms with Crippen LogP contribution in [0, 0.1) is 0 Å². The van der Waals surface area contributed by atoms with Gasteiger partial charge in [-0.05, 0) is 23.6 Å². The maximum Gasteiger partial charge on any atom is 0.308 e. The summed E-state index contributed by atoms with van der Waals surface area (Å²) in [4.78, 5) is 11.4. The molecular weight excluding hydrogens is 264 g/mol. The zero-order valence-corrected chi connectivity index (χ0v) is 11.6. The number of carbonyl (C=O) groups is 1. The van der Waals surface area contributed by atoms with Crippen LogP contribution in [0.25, 0.3) is 10.8 Å². The van der Waals surface area contributed by atoms with Crippen molar-refractivity contribution in [3.05, 3.63) is 66.7 Å². The van der Waals surface area contributed by atoms with Crippen molar-refractivity contribution < 1.29 is 14.3 Å². The van der Waals surface area contributed by atoms with Gasteiger partial charge in [-0.25, -0.2) is 0 Å². The van der Waals surface area contributed by atoms with Gasteiger partial charge in [0.05, 0.1) is 0 Å². The highest BCUT2D eigenvalue weighted by Crippen LogP contribution is 2.38. The molecule has 0 atom stereocenters. The van der Waals surface area contributed by atoms with Crippen LogP contribution in [-0.4, -0.2) is 5.97 Å². The summed E-state index contributed by atoms with van der Waals surface area (Å²) < 4.78 is 11.2. The van der Waals surface area contributed by atoms with E-state index in [-0.39, 0.29) is 5.97 Å². The standard InChI is InChI=1S/C18H14O3/c1-13(19)20-18-16-10-6-5-7-14(16)11-12-17(18)21-15-8-3-2-4-9-15/h2-12H,1H3. The number of benzene rings is 3. The Kier molecular flexibility index (Phi) is 3.56. The Morgan fingerprint density at radius 1 is 0.857 bits per heavy atom. The van der Waals surface area contributed by atoms with E-state index in [1.54, 1.807) is 0 Å². The van der Waals surface area contributed by atoms with Gasteiger partial charge in [0.1, 0.15) is 5.75 Å². The molecule has 0 aliphatic heterocycles. The molecule has 0 spiro atoms. The highest BCUT2D eigenvalue weighted by Gasteiger charge is 2.13. The minimum Gasteiger partial charge on any atom is -0.453 e. The monoisotopic (exact) mass is 278 g/mol. The molecule has 0 bridgehead atoms. The van der Waals surface area contributed by atoms with Crippen LogP contribution in [0.4, 0.5) is 0 Å². The molecule has 0 fully saturated rings. The topological polar surface area (TPSA) is 35.5 Å². The van der Waals surface area contributed by atoms with E-state index in [2.05, 4.69) is 0 Å². The maximum absolute atomic E-state index is 11.4. The molecule has 0 heterocycles. The number of carbonyl (C=O) groups excluding carboxylic acids is 1. The summed E-state index contributed by atoms with van der Waals surface area (Å²) in [5.74, 6) is 1.30. The molecule has 3 aromatic carbocycles. The van der Waals surface area contributed by atoms with E-state index in [0.717, 1.165) is 10.8 Å².